The monoisotopic (exact) mass is 310 g/mol. The van der Waals surface area contributed by atoms with Gasteiger partial charge in [0.25, 0.3) is 0 Å². The lowest BCUT2D eigenvalue weighted by atomic mass is 9.82. The van der Waals surface area contributed by atoms with E-state index in [-0.39, 0.29) is 6.10 Å². The summed E-state index contributed by atoms with van der Waals surface area (Å²) in [7, 11) is 0. The van der Waals surface area contributed by atoms with E-state index >= 15 is 0 Å². The van der Waals surface area contributed by atoms with Crippen LogP contribution in [0.25, 0.3) is 0 Å². The highest BCUT2D eigenvalue weighted by Crippen LogP contribution is 2.32. The number of carbonyl (C=O) groups excluding carboxylic acids is 1. The molecule has 98 valence electrons. The van der Waals surface area contributed by atoms with Crippen LogP contribution in [0.15, 0.2) is 22.7 Å². The Labute approximate surface area is 117 Å². The number of benzene rings is 1. The summed E-state index contributed by atoms with van der Waals surface area (Å²) >= 11 is 3.35. The predicted octanol–water partition coefficient (Wildman–Crippen LogP) is 4.47. The van der Waals surface area contributed by atoms with Crippen molar-refractivity contribution in [3.05, 3.63) is 28.2 Å². The standard InChI is InChI=1S/C15H19BrO2/c1-10-5-11(2)7-14(6-10)18-13-3-4-15(16)12(8-13)9-17/h3-4,8-11,14H,5-7H2,1-2H3. The molecule has 0 amide bonds. The summed E-state index contributed by atoms with van der Waals surface area (Å²) in [4.78, 5) is 10.9. The summed E-state index contributed by atoms with van der Waals surface area (Å²) in [5.41, 5.74) is 0.643. The second-order valence-electron chi connectivity index (χ2n) is 5.46. The van der Waals surface area contributed by atoms with E-state index in [1.807, 2.05) is 12.1 Å². The van der Waals surface area contributed by atoms with Gasteiger partial charge >= 0.3 is 0 Å². The van der Waals surface area contributed by atoms with Crippen molar-refractivity contribution in [2.24, 2.45) is 11.8 Å². The summed E-state index contributed by atoms with van der Waals surface area (Å²) in [5, 5.41) is 0. The van der Waals surface area contributed by atoms with Gasteiger partial charge in [0.2, 0.25) is 0 Å². The first-order valence-corrected chi connectivity index (χ1v) is 7.29. The highest BCUT2D eigenvalue weighted by atomic mass is 79.9. The van der Waals surface area contributed by atoms with Gasteiger partial charge in [-0.15, -0.1) is 0 Å². The molecular formula is C15H19BrO2. The molecule has 0 heterocycles. The summed E-state index contributed by atoms with van der Waals surface area (Å²) in [6.45, 7) is 4.56. The number of carbonyl (C=O) groups is 1. The van der Waals surface area contributed by atoms with Crippen LogP contribution in [0, 0.1) is 11.8 Å². The van der Waals surface area contributed by atoms with Crippen molar-refractivity contribution >= 4 is 22.2 Å². The van der Waals surface area contributed by atoms with Crippen molar-refractivity contribution in [2.75, 3.05) is 0 Å². The molecule has 1 aromatic rings. The number of halogens is 1. The van der Waals surface area contributed by atoms with Crippen molar-refractivity contribution < 1.29 is 9.53 Å². The minimum absolute atomic E-state index is 0.282. The number of rotatable bonds is 3. The number of aldehydes is 1. The van der Waals surface area contributed by atoms with E-state index in [0.717, 1.165) is 41.2 Å². The molecule has 1 fully saturated rings. The zero-order valence-corrected chi connectivity index (χ0v) is 12.4. The van der Waals surface area contributed by atoms with Crippen molar-refractivity contribution in [3.63, 3.8) is 0 Å². The van der Waals surface area contributed by atoms with Gasteiger partial charge in [-0.1, -0.05) is 29.8 Å². The third-order valence-corrected chi connectivity index (χ3v) is 4.25. The Kier molecular flexibility index (Phi) is 4.44. The van der Waals surface area contributed by atoms with Crippen LogP contribution in [-0.2, 0) is 0 Å². The van der Waals surface area contributed by atoms with Gasteiger partial charge < -0.3 is 4.74 Å². The lowest BCUT2D eigenvalue weighted by Crippen LogP contribution is -2.28. The topological polar surface area (TPSA) is 26.3 Å². The molecule has 2 atom stereocenters. The van der Waals surface area contributed by atoms with Gasteiger partial charge in [0.1, 0.15) is 5.75 Å². The fourth-order valence-electron chi connectivity index (χ4n) is 2.85. The minimum Gasteiger partial charge on any atom is -0.490 e. The molecule has 1 aliphatic carbocycles. The molecule has 2 unspecified atom stereocenters. The third-order valence-electron chi connectivity index (χ3n) is 3.53. The van der Waals surface area contributed by atoms with E-state index < -0.39 is 0 Å². The molecule has 1 saturated carbocycles. The van der Waals surface area contributed by atoms with Gasteiger partial charge in [-0.05, 0) is 49.3 Å². The Morgan fingerprint density at radius 2 is 1.89 bits per heavy atom. The van der Waals surface area contributed by atoms with Crippen LogP contribution in [0.3, 0.4) is 0 Å². The maximum absolute atomic E-state index is 10.9. The second-order valence-corrected chi connectivity index (χ2v) is 6.31. The van der Waals surface area contributed by atoms with Gasteiger partial charge in [-0.2, -0.15) is 0 Å². The average Bonchev–Trinajstić information content (AvgIpc) is 2.30. The first-order chi connectivity index (χ1) is 8.58. The predicted molar refractivity (Wildman–Crippen MR) is 76.1 cm³/mol. The number of hydrogen-bond acceptors (Lipinski definition) is 2. The van der Waals surface area contributed by atoms with Gasteiger partial charge in [-0.3, -0.25) is 4.79 Å². The molecule has 0 aliphatic heterocycles. The van der Waals surface area contributed by atoms with E-state index in [1.54, 1.807) is 6.07 Å². The number of hydrogen-bond donors (Lipinski definition) is 0. The molecular weight excluding hydrogens is 292 g/mol. The van der Waals surface area contributed by atoms with Crippen LogP contribution >= 0.6 is 15.9 Å². The molecule has 1 aromatic carbocycles. The zero-order valence-electron chi connectivity index (χ0n) is 10.9. The highest BCUT2D eigenvalue weighted by molar-refractivity contribution is 9.10. The lowest BCUT2D eigenvalue weighted by molar-refractivity contribution is 0.100. The smallest absolute Gasteiger partial charge is 0.151 e. The van der Waals surface area contributed by atoms with Crippen molar-refractivity contribution in [3.8, 4) is 5.75 Å². The van der Waals surface area contributed by atoms with E-state index in [4.69, 9.17) is 4.74 Å². The Hall–Kier alpha value is -0.830. The molecule has 1 aliphatic rings. The second kappa shape index (κ2) is 5.87. The maximum Gasteiger partial charge on any atom is 0.151 e. The largest absolute Gasteiger partial charge is 0.490 e. The molecule has 2 rings (SSSR count). The molecule has 0 saturated heterocycles. The molecule has 0 N–H and O–H groups in total. The normalized spacial score (nSPS) is 27.8. The van der Waals surface area contributed by atoms with Gasteiger partial charge in [0, 0.05) is 10.0 Å². The summed E-state index contributed by atoms with van der Waals surface area (Å²) in [6.07, 6.45) is 4.64. The minimum atomic E-state index is 0.282. The molecule has 18 heavy (non-hydrogen) atoms. The van der Waals surface area contributed by atoms with Crippen LogP contribution in [-0.4, -0.2) is 12.4 Å². The van der Waals surface area contributed by atoms with E-state index in [0.29, 0.717) is 5.56 Å². The summed E-state index contributed by atoms with van der Waals surface area (Å²) < 4.78 is 6.83. The van der Waals surface area contributed by atoms with E-state index in [2.05, 4.69) is 29.8 Å². The molecule has 0 aromatic heterocycles. The van der Waals surface area contributed by atoms with Crippen molar-refractivity contribution in [1.29, 1.82) is 0 Å². The Morgan fingerprint density at radius 3 is 2.50 bits per heavy atom. The third kappa shape index (κ3) is 3.35. The van der Waals surface area contributed by atoms with E-state index in [9.17, 15) is 4.79 Å². The SMILES string of the molecule is CC1CC(C)CC(Oc2ccc(Br)c(C=O)c2)C1. The lowest BCUT2D eigenvalue weighted by Gasteiger charge is -2.31. The molecule has 2 nitrogen and oxygen atoms in total. The maximum atomic E-state index is 10.9. The van der Waals surface area contributed by atoms with Crippen molar-refractivity contribution in [2.45, 2.75) is 39.2 Å². The quantitative estimate of drug-likeness (QED) is 0.770. The van der Waals surface area contributed by atoms with Gasteiger partial charge in [0.15, 0.2) is 6.29 Å². The zero-order chi connectivity index (χ0) is 13.1. The van der Waals surface area contributed by atoms with Crippen LogP contribution < -0.4 is 4.74 Å². The molecule has 0 spiro atoms. The molecule has 0 bridgehead atoms. The molecule has 3 heteroatoms. The first kappa shape index (κ1) is 13.6. The fourth-order valence-corrected chi connectivity index (χ4v) is 3.19. The first-order valence-electron chi connectivity index (χ1n) is 6.50. The molecule has 0 radical (unpaired) electrons. The van der Waals surface area contributed by atoms with Gasteiger partial charge in [-0.25, -0.2) is 0 Å². The van der Waals surface area contributed by atoms with E-state index in [1.165, 1.54) is 6.42 Å². The van der Waals surface area contributed by atoms with Crippen molar-refractivity contribution in [1.82, 2.24) is 0 Å². The Bertz CT molecular complexity index is 421. The van der Waals surface area contributed by atoms with Crippen LogP contribution in [0.4, 0.5) is 0 Å². The Morgan fingerprint density at radius 1 is 1.22 bits per heavy atom. The Balaban J connectivity index is 2.06. The average molecular weight is 311 g/mol. The van der Waals surface area contributed by atoms with Crippen LogP contribution in [0.5, 0.6) is 5.75 Å². The van der Waals surface area contributed by atoms with Gasteiger partial charge in [0.05, 0.1) is 6.10 Å². The number of ether oxygens (including phenoxy) is 1. The fraction of sp³-hybridized carbons (Fsp3) is 0.533. The summed E-state index contributed by atoms with van der Waals surface area (Å²) in [5.74, 6) is 2.24. The van der Waals surface area contributed by atoms with Crippen LogP contribution in [0.2, 0.25) is 0 Å². The van der Waals surface area contributed by atoms with Crippen LogP contribution in [0.1, 0.15) is 43.5 Å². The highest BCUT2D eigenvalue weighted by Gasteiger charge is 2.25. The summed E-state index contributed by atoms with van der Waals surface area (Å²) in [6, 6.07) is 5.59.